The van der Waals surface area contributed by atoms with Crippen LogP contribution in [0, 0.1) is 0 Å². The van der Waals surface area contributed by atoms with Crippen LogP contribution >= 0.6 is 0 Å². The fourth-order valence-electron chi connectivity index (χ4n) is 4.16. The van der Waals surface area contributed by atoms with E-state index in [1.807, 2.05) is 27.7 Å². The van der Waals surface area contributed by atoms with Crippen LogP contribution in [0.3, 0.4) is 0 Å². The highest BCUT2D eigenvalue weighted by atomic mass is 19.4. The number of para-hydroxylation sites is 1. The van der Waals surface area contributed by atoms with Crippen molar-refractivity contribution in [3.05, 3.63) is 63.5 Å². The Bertz CT molecular complexity index is 1200. The summed E-state index contributed by atoms with van der Waals surface area (Å²) in [6.45, 7) is 9.57. The second kappa shape index (κ2) is 10.5. The van der Waals surface area contributed by atoms with Crippen molar-refractivity contribution >= 4 is 11.0 Å². The minimum atomic E-state index is -4.97. The van der Waals surface area contributed by atoms with Crippen LogP contribution in [0.5, 0.6) is 17.2 Å². The molecule has 1 heterocycles. The van der Waals surface area contributed by atoms with Gasteiger partial charge in [0.05, 0.1) is 24.0 Å². The molecule has 0 radical (unpaired) electrons. The molecule has 0 aliphatic rings. The lowest BCUT2D eigenvalue weighted by atomic mass is 10.0. The van der Waals surface area contributed by atoms with Gasteiger partial charge < -0.3 is 19.2 Å². The quantitative estimate of drug-likeness (QED) is 0.418. The number of fused-ring (bicyclic) bond motifs is 1. The molecule has 0 saturated carbocycles. The van der Waals surface area contributed by atoms with Crippen LogP contribution in [0.2, 0.25) is 0 Å². The van der Waals surface area contributed by atoms with E-state index in [0.717, 1.165) is 30.8 Å². The smallest absolute Gasteiger partial charge is 0.453 e. The molecular weight excluding hydrogens is 447 g/mol. The molecule has 3 aromatic rings. The fraction of sp³-hybridized carbons (Fsp3) is 0.423. The van der Waals surface area contributed by atoms with Crippen LogP contribution in [-0.4, -0.2) is 18.2 Å². The number of hydrogen-bond donors (Lipinski definition) is 2. The molecule has 0 bridgehead atoms. The van der Waals surface area contributed by atoms with Gasteiger partial charge in [0, 0.05) is 0 Å². The summed E-state index contributed by atoms with van der Waals surface area (Å²) in [6.07, 6.45) is -3.24. The van der Waals surface area contributed by atoms with Crippen molar-refractivity contribution in [2.24, 2.45) is 0 Å². The SMILES string of the molecule is CCC[NH+](CCC)Cc1c(O)ccc2c(=O)c(Oc3ccccc3C(C)C)c(C(F)(F)F)oc12. The van der Waals surface area contributed by atoms with E-state index in [1.165, 1.54) is 18.2 Å². The van der Waals surface area contributed by atoms with Gasteiger partial charge in [-0.3, -0.25) is 4.79 Å². The zero-order valence-electron chi connectivity index (χ0n) is 19.9. The highest BCUT2D eigenvalue weighted by Gasteiger charge is 2.41. The van der Waals surface area contributed by atoms with E-state index in [9.17, 15) is 23.1 Å². The van der Waals surface area contributed by atoms with Crippen molar-refractivity contribution in [1.29, 1.82) is 0 Å². The van der Waals surface area contributed by atoms with Crippen LogP contribution in [0.4, 0.5) is 13.2 Å². The predicted octanol–water partition coefficient (Wildman–Crippen LogP) is 5.64. The van der Waals surface area contributed by atoms with Crippen LogP contribution in [0.15, 0.2) is 45.6 Å². The van der Waals surface area contributed by atoms with Gasteiger partial charge in [0.25, 0.3) is 5.76 Å². The lowest BCUT2D eigenvalue weighted by Crippen LogP contribution is -3.10. The Kier molecular flexibility index (Phi) is 7.92. The number of rotatable bonds is 9. The molecule has 0 spiro atoms. The van der Waals surface area contributed by atoms with E-state index in [0.29, 0.717) is 5.56 Å². The first-order valence-corrected chi connectivity index (χ1v) is 11.6. The molecule has 3 rings (SSSR count). The van der Waals surface area contributed by atoms with Gasteiger partial charge in [0.2, 0.25) is 11.2 Å². The van der Waals surface area contributed by atoms with Crippen molar-refractivity contribution in [2.45, 2.75) is 59.2 Å². The van der Waals surface area contributed by atoms with Gasteiger partial charge in [0.1, 0.15) is 18.0 Å². The molecule has 0 atom stereocenters. The lowest BCUT2D eigenvalue weighted by molar-refractivity contribution is -0.913. The minimum Gasteiger partial charge on any atom is -0.507 e. The predicted molar refractivity (Wildman–Crippen MR) is 125 cm³/mol. The molecule has 0 fully saturated rings. The van der Waals surface area contributed by atoms with Gasteiger partial charge in [-0.05, 0) is 42.5 Å². The number of quaternary nitrogens is 1. The van der Waals surface area contributed by atoms with Crippen molar-refractivity contribution in [1.82, 2.24) is 0 Å². The summed E-state index contributed by atoms with van der Waals surface area (Å²) in [6, 6.07) is 9.25. The number of phenolic OH excluding ortho intramolecular Hbond substituents is 1. The molecule has 184 valence electrons. The third kappa shape index (κ3) is 5.38. The van der Waals surface area contributed by atoms with E-state index in [2.05, 4.69) is 0 Å². The van der Waals surface area contributed by atoms with Crippen molar-refractivity contribution in [3.8, 4) is 17.2 Å². The Morgan fingerprint density at radius 3 is 2.29 bits per heavy atom. The summed E-state index contributed by atoms with van der Waals surface area (Å²) in [5.74, 6) is -2.49. The standard InChI is InChI=1S/C26H30F3NO4/c1-5-13-30(14-6-2)15-19-20(31)12-11-18-22(32)24(25(26(27,28)29)34-23(18)19)33-21-10-8-7-9-17(21)16(3)4/h7-12,16,31H,5-6,13-15H2,1-4H3/p+1. The number of nitrogens with one attached hydrogen (secondary N) is 1. The molecule has 34 heavy (non-hydrogen) atoms. The zero-order chi connectivity index (χ0) is 25.0. The summed E-state index contributed by atoms with van der Waals surface area (Å²) in [5, 5.41) is 10.4. The van der Waals surface area contributed by atoms with Crippen LogP contribution in [0.1, 0.15) is 63.3 Å². The van der Waals surface area contributed by atoms with Crippen LogP contribution in [-0.2, 0) is 12.7 Å². The monoisotopic (exact) mass is 478 g/mol. The summed E-state index contributed by atoms with van der Waals surface area (Å²) < 4.78 is 53.2. The number of alkyl halides is 3. The number of halogens is 3. The third-order valence-electron chi connectivity index (χ3n) is 5.74. The summed E-state index contributed by atoms with van der Waals surface area (Å²) in [5.41, 5.74) is -0.335. The molecule has 8 heteroatoms. The van der Waals surface area contributed by atoms with E-state index in [4.69, 9.17) is 9.15 Å². The number of hydrogen-bond acceptors (Lipinski definition) is 4. The molecule has 2 N–H and O–H groups in total. The Morgan fingerprint density at radius 1 is 1.06 bits per heavy atom. The first kappa shape index (κ1) is 25.6. The Hall–Kier alpha value is -3.00. The molecule has 2 aromatic carbocycles. The second-order valence-corrected chi connectivity index (χ2v) is 8.75. The van der Waals surface area contributed by atoms with E-state index in [-0.39, 0.29) is 40.5 Å². The first-order chi connectivity index (χ1) is 16.1. The topological polar surface area (TPSA) is 64.1 Å². The average Bonchev–Trinajstić information content (AvgIpc) is 2.77. The first-order valence-electron chi connectivity index (χ1n) is 11.6. The molecule has 0 amide bonds. The molecule has 5 nitrogen and oxygen atoms in total. The number of ether oxygens (including phenoxy) is 1. The van der Waals surface area contributed by atoms with Crippen LogP contribution < -0.4 is 15.1 Å². The number of phenols is 1. The lowest BCUT2D eigenvalue weighted by Gasteiger charge is -2.20. The molecule has 0 saturated heterocycles. The Morgan fingerprint density at radius 2 is 1.71 bits per heavy atom. The van der Waals surface area contributed by atoms with E-state index >= 15 is 0 Å². The normalized spacial score (nSPS) is 12.1. The maximum absolute atomic E-state index is 14.1. The molecule has 1 aromatic heterocycles. The second-order valence-electron chi connectivity index (χ2n) is 8.75. The molecular formula is C26H31F3NO4+. The van der Waals surface area contributed by atoms with Gasteiger partial charge in [-0.1, -0.05) is 45.9 Å². The van der Waals surface area contributed by atoms with Crippen LogP contribution in [0.25, 0.3) is 11.0 Å². The van der Waals surface area contributed by atoms with E-state index < -0.39 is 23.1 Å². The summed E-state index contributed by atoms with van der Waals surface area (Å²) in [4.78, 5) is 14.4. The highest BCUT2D eigenvalue weighted by Crippen LogP contribution is 2.40. The van der Waals surface area contributed by atoms with Gasteiger partial charge in [-0.25, -0.2) is 0 Å². The van der Waals surface area contributed by atoms with Gasteiger partial charge in [0.15, 0.2) is 5.58 Å². The van der Waals surface area contributed by atoms with Gasteiger partial charge >= 0.3 is 6.18 Å². The summed E-state index contributed by atoms with van der Waals surface area (Å²) >= 11 is 0. The maximum atomic E-state index is 14.1. The summed E-state index contributed by atoms with van der Waals surface area (Å²) in [7, 11) is 0. The van der Waals surface area contributed by atoms with E-state index in [1.54, 1.807) is 18.2 Å². The zero-order valence-corrected chi connectivity index (χ0v) is 19.9. The van der Waals surface area contributed by atoms with Crippen molar-refractivity contribution in [3.63, 3.8) is 0 Å². The van der Waals surface area contributed by atoms with Crippen molar-refractivity contribution < 1.29 is 32.3 Å². The number of aromatic hydroxyl groups is 1. The molecule has 0 aliphatic carbocycles. The highest BCUT2D eigenvalue weighted by molar-refractivity contribution is 5.83. The van der Waals surface area contributed by atoms with Gasteiger partial charge in [-0.15, -0.1) is 0 Å². The van der Waals surface area contributed by atoms with Crippen molar-refractivity contribution in [2.75, 3.05) is 13.1 Å². The molecule has 0 unspecified atom stereocenters. The maximum Gasteiger partial charge on any atom is 0.453 e. The molecule has 0 aliphatic heterocycles. The average molecular weight is 479 g/mol. The number of benzene rings is 2. The Balaban J connectivity index is 2.24. The van der Waals surface area contributed by atoms with Gasteiger partial charge in [-0.2, -0.15) is 13.2 Å². The Labute approximate surface area is 196 Å². The fourth-order valence-corrected chi connectivity index (χ4v) is 4.16. The largest absolute Gasteiger partial charge is 0.507 e. The third-order valence-corrected chi connectivity index (χ3v) is 5.74. The minimum absolute atomic E-state index is 0.0346.